The van der Waals surface area contributed by atoms with Gasteiger partial charge in [0.15, 0.2) is 5.69 Å². The zero-order valence-electron chi connectivity index (χ0n) is 16.5. The van der Waals surface area contributed by atoms with Crippen LogP contribution >= 0.6 is 0 Å². The number of para-hydroxylation sites is 2. The van der Waals surface area contributed by atoms with Crippen LogP contribution in [-0.4, -0.2) is 67.0 Å². The minimum Gasteiger partial charge on any atom is -0.336 e. The van der Waals surface area contributed by atoms with Crippen molar-refractivity contribution in [3.63, 3.8) is 0 Å². The Morgan fingerprint density at radius 2 is 1.65 bits per heavy atom. The molecular formula is C21H19FN8O. The highest BCUT2D eigenvalue weighted by atomic mass is 19.1. The number of hydrogen-bond acceptors (Lipinski definition) is 6. The normalized spacial score (nSPS) is 14.1. The first-order valence-corrected chi connectivity index (χ1v) is 9.89. The predicted octanol–water partition coefficient (Wildman–Crippen LogP) is 1.95. The van der Waals surface area contributed by atoms with Crippen LogP contribution in [0.5, 0.6) is 0 Å². The molecule has 156 valence electrons. The van der Waals surface area contributed by atoms with E-state index in [2.05, 4.69) is 25.5 Å². The Hall–Kier alpha value is -4.08. The fourth-order valence-corrected chi connectivity index (χ4v) is 3.60. The van der Waals surface area contributed by atoms with E-state index in [9.17, 15) is 9.18 Å². The standard InChI is InChI=1S/C21H19FN8O/c22-17-8-4-5-9-19(17)29-11-10-18(24-29)20(31)27-12-14-28(15-13-27)21-23-25-26-30(21)16-6-2-1-3-7-16/h1-11H,12-15H2. The molecule has 1 fully saturated rings. The molecule has 31 heavy (non-hydrogen) atoms. The summed E-state index contributed by atoms with van der Waals surface area (Å²) in [7, 11) is 0. The molecular weight excluding hydrogens is 399 g/mol. The molecule has 0 bridgehead atoms. The first kappa shape index (κ1) is 18.9. The van der Waals surface area contributed by atoms with Crippen LogP contribution in [0.2, 0.25) is 0 Å². The van der Waals surface area contributed by atoms with Crippen LogP contribution in [0.15, 0.2) is 66.9 Å². The Balaban J connectivity index is 1.27. The summed E-state index contributed by atoms with van der Waals surface area (Å²) in [5.74, 6) is 0.0638. The second kappa shape index (κ2) is 7.98. The molecule has 1 aliphatic rings. The molecule has 0 N–H and O–H groups in total. The number of carbonyl (C=O) groups excluding carboxylic acids is 1. The molecule has 0 spiro atoms. The molecule has 1 aliphatic heterocycles. The van der Waals surface area contributed by atoms with E-state index in [0.717, 1.165) is 5.69 Å². The third-order valence-electron chi connectivity index (χ3n) is 5.21. The van der Waals surface area contributed by atoms with Crippen LogP contribution in [0.4, 0.5) is 10.3 Å². The van der Waals surface area contributed by atoms with Gasteiger partial charge in [-0.2, -0.15) is 9.78 Å². The quantitative estimate of drug-likeness (QED) is 0.504. The molecule has 0 aliphatic carbocycles. The summed E-state index contributed by atoms with van der Waals surface area (Å²) in [6.07, 6.45) is 1.59. The fraction of sp³-hybridized carbons (Fsp3) is 0.190. The molecule has 1 amide bonds. The largest absolute Gasteiger partial charge is 0.336 e. The molecule has 0 radical (unpaired) electrons. The number of anilines is 1. The van der Waals surface area contributed by atoms with E-state index < -0.39 is 5.82 Å². The van der Waals surface area contributed by atoms with Gasteiger partial charge in [0.25, 0.3) is 5.91 Å². The summed E-state index contributed by atoms with van der Waals surface area (Å²) in [6.45, 7) is 2.19. The van der Waals surface area contributed by atoms with Crippen molar-refractivity contribution >= 4 is 11.9 Å². The van der Waals surface area contributed by atoms with Crippen molar-refractivity contribution in [1.29, 1.82) is 0 Å². The van der Waals surface area contributed by atoms with Gasteiger partial charge in [-0.15, -0.1) is 0 Å². The molecule has 2 aromatic carbocycles. The van der Waals surface area contributed by atoms with E-state index in [1.165, 1.54) is 10.7 Å². The van der Waals surface area contributed by atoms with Crippen LogP contribution < -0.4 is 4.90 Å². The number of nitrogens with zero attached hydrogens (tertiary/aromatic N) is 8. The van der Waals surface area contributed by atoms with Gasteiger partial charge in [0.05, 0.1) is 5.69 Å². The van der Waals surface area contributed by atoms with E-state index in [4.69, 9.17) is 0 Å². The zero-order chi connectivity index (χ0) is 21.2. The first-order chi connectivity index (χ1) is 15.2. The maximum atomic E-state index is 14.0. The number of rotatable bonds is 4. The highest BCUT2D eigenvalue weighted by molar-refractivity contribution is 5.92. The van der Waals surface area contributed by atoms with E-state index in [-0.39, 0.29) is 11.6 Å². The molecule has 9 nitrogen and oxygen atoms in total. The van der Waals surface area contributed by atoms with Crippen molar-refractivity contribution in [3.8, 4) is 11.4 Å². The van der Waals surface area contributed by atoms with Crippen molar-refractivity contribution in [2.45, 2.75) is 0 Å². The molecule has 2 aromatic heterocycles. The fourth-order valence-electron chi connectivity index (χ4n) is 3.60. The maximum absolute atomic E-state index is 14.0. The van der Waals surface area contributed by atoms with Crippen molar-refractivity contribution in [1.82, 2.24) is 34.9 Å². The van der Waals surface area contributed by atoms with Gasteiger partial charge in [-0.1, -0.05) is 35.4 Å². The summed E-state index contributed by atoms with van der Waals surface area (Å²) in [5.41, 5.74) is 1.46. The number of amides is 1. The van der Waals surface area contributed by atoms with Gasteiger partial charge in [0, 0.05) is 32.4 Å². The number of halogens is 1. The predicted molar refractivity (Wildman–Crippen MR) is 111 cm³/mol. The molecule has 0 unspecified atom stereocenters. The SMILES string of the molecule is O=C(c1ccn(-c2ccccc2F)n1)N1CCN(c2nnnn2-c2ccccc2)CC1. The zero-order valence-corrected chi connectivity index (χ0v) is 16.5. The topological polar surface area (TPSA) is 85.0 Å². The van der Waals surface area contributed by atoms with Gasteiger partial charge in [-0.3, -0.25) is 4.79 Å². The highest BCUT2D eigenvalue weighted by Crippen LogP contribution is 2.18. The Bertz CT molecular complexity index is 1200. The van der Waals surface area contributed by atoms with Gasteiger partial charge >= 0.3 is 0 Å². The lowest BCUT2D eigenvalue weighted by atomic mass is 10.3. The number of carbonyl (C=O) groups is 1. The van der Waals surface area contributed by atoms with Gasteiger partial charge in [-0.25, -0.2) is 9.07 Å². The van der Waals surface area contributed by atoms with E-state index >= 15 is 0 Å². The molecule has 4 aromatic rings. The highest BCUT2D eigenvalue weighted by Gasteiger charge is 2.26. The summed E-state index contributed by atoms with van der Waals surface area (Å²) >= 11 is 0. The van der Waals surface area contributed by atoms with Crippen LogP contribution in [0.3, 0.4) is 0 Å². The van der Waals surface area contributed by atoms with Crippen LogP contribution in [-0.2, 0) is 0 Å². The van der Waals surface area contributed by atoms with Crippen molar-refractivity contribution in [2.24, 2.45) is 0 Å². The number of aromatic nitrogens is 6. The van der Waals surface area contributed by atoms with Gasteiger partial charge in [0.1, 0.15) is 11.5 Å². The Morgan fingerprint density at radius 3 is 2.42 bits per heavy atom. The van der Waals surface area contributed by atoms with Crippen LogP contribution in [0, 0.1) is 5.82 Å². The molecule has 0 saturated carbocycles. The van der Waals surface area contributed by atoms with Crippen LogP contribution in [0.25, 0.3) is 11.4 Å². The summed E-state index contributed by atoms with van der Waals surface area (Å²) in [6, 6.07) is 17.6. The minimum absolute atomic E-state index is 0.183. The van der Waals surface area contributed by atoms with Gasteiger partial charge < -0.3 is 9.80 Å². The number of benzene rings is 2. The van der Waals surface area contributed by atoms with Crippen LogP contribution in [0.1, 0.15) is 10.5 Å². The van der Waals surface area contributed by atoms with Gasteiger partial charge in [0.2, 0.25) is 5.95 Å². The number of piperazine rings is 1. The van der Waals surface area contributed by atoms with Crippen molar-refractivity contribution < 1.29 is 9.18 Å². The number of hydrogen-bond donors (Lipinski definition) is 0. The lowest BCUT2D eigenvalue weighted by molar-refractivity contribution is 0.0739. The van der Waals surface area contributed by atoms with Crippen molar-refractivity contribution in [3.05, 3.63) is 78.4 Å². The second-order valence-corrected chi connectivity index (χ2v) is 7.10. The lowest BCUT2D eigenvalue weighted by Gasteiger charge is -2.34. The number of tetrazole rings is 1. The molecule has 1 saturated heterocycles. The molecule has 0 atom stereocenters. The molecule has 10 heteroatoms. The van der Waals surface area contributed by atoms with E-state index in [1.807, 2.05) is 30.3 Å². The van der Waals surface area contributed by atoms with Crippen molar-refractivity contribution in [2.75, 3.05) is 31.1 Å². The summed E-state index contributed by atoms with van der Waals surface area (Å²) < 4.78 is 17.1. The average molecular weight is 418 g/mol. The Kier molecular flexibility index (Phi) is 4.87. The average Bonchev–Trinajstić information content (AvgIpc) is 3.50. The molecule has 3 heterocycles. The van der Waals surface area contributed by atoms with E-state index in [1.54, 1.807) is 40.0 Å². The second-order valence-electron chi connectivity index (χ2n) is 7.10. The third kappa shape index (κ3) is 3.63. The Labute approximate surface area is 177 Å². The monoisotopic (exact) mass is 418 g/mol. The lowest BCUT2D eigenvalue weighted by Crippen LogP contribution is -2.49. The summed E-state index contributed by atoms with van der Waals surface area (Å²) in [4.78, 5) is 16.7. The maximum Gasteiger partial charge on any atom is 0.274 e. The Morgan fingerprint density at radius 1 is 0.903 bits per heavy atom. The summed E-state index contributed by atoms with van der Waals surface area (Å²) in [5, 5.41) is 16.3. The minimum atomic E-state index is -0.394. The smallest absolute Gasteiger partial charge is 0.274 e. The van der Waals surface area contributed by atoms with E-state index in [0.29, 0.717) is 37.8 Å². The van der Waals surface area contributed by atoms with Gasteiger partial charge in [-0.05, 0) is 40.8 Å². The third-order valence-corrected chi connectivity index (χ3v) is 5.21. The first-order valence-electron chi connectivity index (χ1n) is 9.89. The molecule has 5 rings (SSSR count).